The maximum atomic E-state index is 12.0. The zero-order valence-electron chi connectivity index (χ0n) is 12.7. The summed E-state index contributed by atoms with van der Waals surface area (Å²) in [6, 6.07) is 12.0. The van der Waals surface area contributed by atoms with Gasteiger partial charge in [0.25, 0.3) is 0 Å². The van der Waals surface area contributed by atoms with Gasteiger partial charge in [-0.15, -0.1) is 0 Å². The van der Waals surface area contributed by atoms with E-state index in [1.165, 1.54) is 11.1 Å². The molecule has 1 amide bonds. The lowest BCUT2D eigenvalue weighted by molar-refractivity contribution is -0.121. The molecule has 0 saturated carbocycles. The molecule has 3 nitrogen and oxygen atoms in total. The molecule has 1 aliphatic rings. The Morgan fingerprint density at radius 2 is 2.00 bits per heavy atom. The number of amides is 1. The second-order valence-corrected chi connectivity index (χ2v) is 7.01. The molecular formula is C18H18BrClN2O. The van der Waals surface area contributed by atoms with Gasteiger partial charge in [-0.3, -0.25) is 4.79 Å². The number of rotatable bonds is 5. The Kier molecular flexibility index (Phi) is 5.36. The summed E-state index contributed by atoms with van der Waals surface area (Å²) < 4.78 is 0.987. The summed E-state index contributed by atoms with van der Waals surface area (Å²) in [5.74, 6) is 0.0514. The van der Waals surface area contributed by atoms with Crippen molar-refractivity contribution < 1.29 is 4.79 Å². The first-order valence-corrected chi connectivity index (χ1v) is 8.81. The van der Waals surface area contributed by atoms with Crippen LogP contribution in [-0.4, -0.2) is 5.91 Å². The Labute approximate surface area is 149 Å². The number of nitrogens with one attached hydrogen (secondary N) is 2. The van der Waals surface area contributed by atoms with Gasteiger partial charge in [0.2, 0.25) is 5.91 Å². The third-order valence-corrected chi connectivity index (χ3v) is 5.03. The normalized spacial score (nSPS) is 13.0. The largest absolute Gasteiger partial charge is 0.352 e. The molecule has 120 valence electrons. The molecule has 0 spiro atoms. The minimum Gasteiger partial charge on any atom is -0.352 e. The fourth-order valence-electron chi connectivity index (χ4n) is 2.73. The topological polar surface area (TPSA) is 41.1 Å². The van der Waals surface area contributed by atoms with E-state index in [1.54, 1.807) is 0 Å². The van der Waals surface area contributed by atoms with E-state index in [4.69, 9.17) is 11.6 Å². The molecule has 1 heterocycles. The predicted molar refractivity (Wildman–Crippen MR) is 96.3 cm³/mol. The number of carbonyl (C=O) groups is 1. The maximum absolute atomic E-state index is 12.0. The average molecular weight is 394 g/mol. The highest BCUT2D eigenvalue weighted by Crippen LogP contribution is 2.22. The van der Waals surface area contributed by atoms with E-state index in [9.17, 15) is 4.79 Å². The molecule has 2 aromatic rings. The lowest BCUT2D eigenvalue weighted by atomic mass is 10.1. The minimum atomic E-state index is 0.0514. The zero-order valence-corrected chi connectivity index (χ0v) is 15.0. The molecule has 5 heteroatoms. The van der Waals surface area contributed by atoms with Crippen LogP contribution in [0, 0.1) is 0 Å². The summed E-state index contributed by atoms with van der Waals surface area (Å²) in [5.41, 5.74) is 4.88. The van der Waals surface area contributed by atoms with E-state index in [2.05, 4.69) is 44.8 Å². The first-order valence-electron chi connectivity index (χ1n) is 7.64. The van der Waals surface area contributed by atoms with Gasteiger partial charge in [0.05, 0.1) is 0 Å². The van der Waals surface area contributed by atoms with Crippen LogP contribution in [0.5, 0.6) is 0 Å². The first-order chi connectivity index (χ1) is 11.1. The molecule has 2 N–H and O–H groups in total. The number of aryl methyl sites for hydroxylation is 1. The highest BCUT2D eigenvalue weighted by molar-refractivity contribution is 9.10. The van der Waals surface area contributed by atoms with Gasteiger partial charge in [0, 0.05) is 35.6 Å². The fraction of sp³-hybridized carbons (Fsp3) is 0.278. The minimum absolute atomic E-state index is 0.0514. The van der Waals surface area contributed by atoms with Crippen LogP contribution in [0.4, 0.5) is 0 Å². The summed E-state index contributed by atoms with van der Waals surface area (Å²) in [6.07, 6.45) is 1.12. The van der Waals surface area contributed by atoms with Crippen LogP contribution >= 0.6 is 27.5 Å². The zero-order chi connectivity index (χ0) is 16.2. The Balaban J connectivity index is 1.51. The number of hydrogen-bond acceptors (Lipinski definition) is 2. The molecule has 0 bridgehead atoms. The van der Waals surface area contributed by atoms with Crippen LogP contribution in [0.15, 0.2) is 40.9 Å². The van der Waals surface area contributed by atoms with Crippen molar-refractivity contribution in [2.24, 2.45) is 0 Å². The Hall–Kier alpha value is -1.36. The van der Waals surface area contributed by atoms with Gasteiger partial charge in [-0.25, -0.2) is 0 Å². The van der Waals surface area contributed by atoms with Crippen molar-refractivity contribution in [2.45, 2.75) is 32.5 Å². The monoisotopic (exact) mass is 392 g/mol. The molecule has 0 radical (unpaired) electrons. The standard InChI is InChI=1S/C18H18BrClN2O/c19-17-5-4-16(20)8-13(17)3-6-18(23)22-9-12-1-2-14-10-21-11-15(14)7-12/h1-2,4-5,7-8,21H,3,6,9-11H2,(H,22,23). The number of halogens is 2. The third-order valence-electron chi connectivity index (χ3n) is 4.02. The van der Waals surface area contributed by atoms with Gasteiger partial charge < -0.3 is 10.6 Å². The average Bonchev–Trinajstić information content (AvgIpc) is 3.01. The number of carbonyl (C=O) groups excluding carboxylic acids is 1. The fourth-order valence-corrected chi connectivity index (χ4v) is 3.37. The molecule has 0 saturated heterocycles. The summed E-state index contributed by atoms with van der Waals surface area (Å²) in [7, 11) is 0. The van der Waals surface area contributed by atoms with Crippen LogP contribution < -0.4 is 10.6 Å². The SMILES string of the molecule is O=C(CCc1cc(Cl)ccc1Br)NCc1ccc2c(c1)CNC2. The van der Waals surface area contributed by atoms with Crippen LogP contribution in [0.3, 0.4) is 0 Å². The van der Waals surface area contributed by atoms with Crippen LogP contribution in [-0.2, 0) is 30.8 Å². The second-order valence-electron chi connectivity index (χ2n) is 5.72. The first kappa shape index (κ1) is 16.5. The lowest BCUT2D eigenvalue weighted by Gasteiger charge is -2.08. The summed E-state index contributed by atoms with van der Waals surface area (Å²) >= 11 is 9.48. The smallest absolute Gasteiger partial charge is 0.220 e. The summed E-state index contributed by atoms with van der Waals surface area (Å²) in [6.45, 7) is 2.43. The van der Waals surface area contributed by atoms with Crippen molar-refractivity contribution >= 4 is 33.4 Å². The molecular weight excluding hydrogens is 376 g/mol. The number of benzene rings is 2. The lowest BCUT2D eigenvalue weighted by Crippen LogP contribution is -2.23. The van der Waals surface area contributed by atoms with Crippen molar-refractivity contribution in [1.82, 2.24) is 10.6 Å². The van der Waals surface area contributed by atoms with Gasteiger partial charge in [-0.05, 0) is 46.9 Å². The van der Waals surface area contributed by atoms with Crippen LogP contribution in [0.1, 0.15) is 28.7 Å². The maximum Gasteiger partial charge on any atom is 0.220 e. The Bertz CT molecular complexity index is 733. The Morgan fingerprint density at radius 1 is 1.17 bits per heavy atom. The van der Waals surface area contributed by atoms with Gasteiger partial charge in [0.1, 0.15) is 0 Å². The molecule has 0 unspecified atom stereocenters. The second kappa shape index (κ2) is 7.47. The van der Waals surface area contributed by atoms with Crippen molar-refractivity contribution in [3.05, 3.63) is 68.1 Å². The summed E-state index contributed by atoms with van der Waals surface area (Å²) in [4.78, 5) is 12.0. The molecule has 0 aromatic heterocycles. The van der Waals surface area contributed by atoms with Gasteiger partial charge >= 0.3 is 0 Å². The van der Waals surface area contributed by atoms with Crippen molar-refractivity contribution in [3.63, 3.8) is 0 Å². The van der Waals surface area contributed by atoms with E-state index < -0.39 is 0 Å². The summed E-state index contributed by atoms with van der Waals surface area (Å²) in [5, 5.41) is 7.00. The Morgan fingerprint density at radius 3 is 2.87 bits per heavy atom. The van der Waals surface area contributed by atoms with E-state index >= 15 is 0 Å². The molecule has 1 aliphatic heterocycles. The molecule has 0 fully saturated rings. The molecule has 23 heavy (non-hydrogen) atoms. The van der Waals surface area contributed by atoms with Crippen molar-refractivity contribution in [1.29, 1.82) is 0 Å². The van der Waals surface area contributed by atoms with Gasteiger partial charge in [-0.1, -0.05) is 45.7 Å². The predicted octanol–water partition coefficient (Wildman–Crippen LogP) is 3.95. The number of fused-ring (bicyclic) bond motifs is 1. The molecule has 2 aromatic carbocycles. The highest BCUT2D eigenvalue weighted by atomic mass is 79.9. The third kappa shape index (κ3) is 4.34. The van der Waals surface area contributed by atoms with Gasteiger partial charge in [-0.2, -0.15) is 0 Å². The molecule has 0 aliphatic carbocycles. The van der Waals surface area contributed by atoms with Crippen molar-refractivity contribution in [2.75, 3.05) is 0 Å². The van der Waals surface area contributed by atoms with E-state index in [0.717, 1.165) is 28.7 Å². The van der Waals surface area contributed by atoms with E-state index in [0.29, 0.717) is 24.4 Å². The van der Waals surface area contributed by atoms with Crippen molar-refractivity contribution in [3.8, 4) is 0 Å². The highest BCUT2D eigenvalue weighted by Gasteiger charge is 2.10. The number of hydrogen-bond donors (Lipinski definition) is 2. The van der Waals surface area contributed by atoms with Crippen LogP contribution in [0.25, 0.3) is 0 Å². The molecule has 0 atom stereocenters. The van der Waals surface area contributed by atoms with E-state index in [-0.39, 0.29) is 5.91 Å². The van der Waals surface area contributed by atoms with Crippen LogP contribution in [0.2, 0.25) is 5.02 Å². The van der Waals surface area contributed by atoms with Gasteiger partial charge in [0.15, 0.2) is 0 Å². The quantitative estimate of drug-likeness (QED) is 0.807. The van der Waals surface area contributed by atoms with E-state index in [1.807, 2.05) is 18.2 Å². The molecule has 3 rings (SSSR count).